The lowest BCUT2D eigenvalue weighted by Crippen LogP contribution is -2.09. The lowest BCUT2D eigenvalue weighted by atomic mass is 9.97. The van der Waals surface area contributed by atoms with Gasteiger partial charge in [0.1, 0.15) is 0 Å². The maximum Gasteiger partial charge on any atom is 0.0646 e. The number of nitrogens with two attached hydrogens (primary N) is 1. The number of benzene rings is 1. The molecule has 1 aromatic heterocycles. The van der Waals surface area contributed by atoms with Gasteiger partial charge >= 0.3 is 0 Å². The molecule has 2 aromatic rings. The van der Waals surface area contributed by atoms with Gasteiger partial charge in [0, 0.05) is 17.8 Å². The van der Waals surface area contributed by atoms with E-state index in [9.17, 15) is 0 Å². The molecule has 0 aliphatic heterocycles. The summed E-state index contributed by atoms with van der Waals surface area (Å²) < 4.78 is 0. The van der Waals surface area contributed by atoms with Crippen LogP contribution >= 0.6 is 0 Å². The van der Waals surface area contributed by atoms with E-state index in [0.717, 1.165) is 11.3 Å². The number of rotatable bonds is 2. The molecule has 0 fully saturated rings. The number of aryl methyl sites for hydroxylation is 1. The van der Waals surface area contributed by atoms with Crippen LogP contribution in [-0.2, 0) is 0 Å². The van der Waals surface area contributed by atoms with Crippen LogP contribution in [-0.4, -0.2) is 4.98 Å². The monoisotopic (exact) mass is 212 g/mol. The highest BCUT2D eigenvalue weighted by Crippen LogP contribution is 2.27. The standard InChI is InChI=1S/C14H16N2/c1-10-6-3-4-7-12(10)13-8-5-9-16-14(13)11(2)15/h3-9,11H,15H2,1-2H3. The Morgan fingerprint density at radius 1 is 1.06 bits per heavy atom. The molecule has 1 atom stereocenters. The zero-order chi connectivity index (χ0) is 11.5. The summed E-state index contributed by atoms with van der Waals surface area (Å²) in [6.07, 6.45) is 1.79. The van der Waals surface area contributed by atoms with Crippen LogP contribution in [0, 0.1) is 6.92 Å². The average Bonchev–Trinajstić information content (AvgIpc) is 2.29. The van der Waals surface area contributed by atoms with E-state index < -0.39 is 0 Å². The fourth-order valence-electron chi connectivity index (χ4n) is 1.88. The van der Waals surface area contributed by atoms with Crippen molar-refractivity contribution in [3.8, 4) is 11.1 Å². The van der Waals surface area contributed by atoms with Crippen LogP contribution < -0.4 is 5.73 Å². The summed E-state index contributed by atoms with van der Waals surface area (Å²) in [6.45, 7) is 4.07. The molecule has 2 nitrogen and oxygen atoms in total. The van der Waals surface area contributed by atoms with E-state index in [-0.39, 0.29) is 6.04 Å². The first-order valence-corrected chi connectivity index (χ1v) is 5.46. The van der Waals surface area contributed by atoms with Gasteiger partial charge in [0.15, 0.2) is 0 Å². The molecule has 0 saturated heterocycles. The molecule has 2 N–H and O–H groups in total. The van der Waals surface area contributed by atoms with Crippen LogP contribution in [0.15, 0.2) is 42.6 Å². The van der Waals surface area contributed by atoms with Gasteiger partial charge in [-0.05, 0) is 31.0 Å². The third kappa shape index (κ3) is 1.97. The number of hydrogen-bond acceptors (Lipinski definition) is 2. The number of hydrogen-bond donors (Lipinski definition) is 1. The van der Waals surface area contributed by atoms with Crippen molar-refractivity contribution in [2.24, 2.45) is 5.73 Å². The van der Waals surface area contributed by atoms with Gasteiger partial charge in [-0.25, -0.2) is 0 Å². The molecule has 16 heavy (non-hydrogen) atoms. The third-order valence-electron chi connectivity index (χ3n) is 2.71. The number of pyridine rings is 1. The molecule has 0 saturated carbocycles. The van der Waals surface area contributed by atoms with Crippen molar-refractivity contribution < 1.29 is 0 Å². The molecule has 2 heteroatoms. The van der Waals surface area contributed by atoms with E-state index in [1.165, 1.54) is 11.1 Å². The quantitative estimate of drug-likeness (QED) is 0.830. The predicted molar refractivity (Wildman–Crippen MR) is 67.0 cm³/mol. The van der Waals surface area contributed by atoms with Crippen molar-refractivity contribution in [2.45, 2.75) is 19.9 Å². The molecule has 82 valence electrons. The molecule has 1 unspecified atom stereocenters. The van der Waals surface area contributed by atoms with E-state index >= 15 is 0 Å². The smallest absolute Gasteiger partial charge is 0.0646 e. The Morgan fingerprint density at radius 2 is 1.75 bits per heavy atom. The van der Waals surface area contributed by atoms with Crippen LogP contribution in [0.1, 0.15) is 24.2 Å². The maximum atomic E-state index is 5.94. The van der Waals surface area contributed by atoms with Gasteiger partial charge in [-0.2, -0.15) is 0 Å². The SMILES string of the molecule is Cc1ccccc1-c1cccnc1C(C)N. The van der Waals surface area contributed by atoms with E-state index in [2.05, 4.69) is 30.1 Å². The molecule has 0 bridgehead atoms. The molecular formula is C14H16N2. The van der Waals surface area contributed by atoms with Gasteiger partial charge in [-0.1, -0.05) is 30.3 Å². The largest absolute Gasteiger partial charge is 0.323 e. The molecular weight excluding hydrogens is 196 g/mol. The van der Waals surface area contributed by atoms with Crippen molar-refractivity contribution in [1.29, 1.82) is 0 Å². The van der Waals surface area contributed by atoms with Gasteiger partial charge in [0.25, 0.3) is 0 Å². The molecule has 0 amide bonds. The lowest BCUT2D eigenvalue weighted by molar-refractivity contribution is 0.783. The highest BCUT2D eigenvalue weighted by molar-refractivity contribution is 5.69. The second-order valence-corrected chi connectivity index (χ2v) is 4.04. The van der Waals surface area contributed by atoms with Crippen LogP contribution in [0.4, 0.5) is 0 Å². The highest BCUT2D eigenvalue weighted by atomic mass is 14.8. The van der Waals surface area contributed by atoms with Crippen LogP contribution in [0.3, 0.4) is 0 Å². The Labute approximate surface area is 96.1 Å². The molecule has 0 spiro atoms. The number of nitrogens with zero attached hydrogens (tertiary/aromatic N) is 1. The van der Waals surface area contributed by atoms with Crippen molar-refractivity contribution in [1.82, 2.24) is 4.98 Å². The molecule has 0 radical (unpaired) electrons. The highest BCUT2D eigenvalue weighted by Gasteiger charge is 2.10. The van der Waals surface area contributed by atoms with Crippen LogP contribution in [0.25, 0.3) is 11.1 Å². The maximum absolute atomic E-state index is 5.94. The van der Waals surface area contributed by atoms with Crippen molar-refractivity contribution in [3.05, 3.63) is 53.9 Å². The molecule has 1 heterocycles. The minimum atomic E-state index is -0.0455. The van der Waals surface area contributed by atoms with Crippen LogP contribution in [0.2, 0.25) is 0 Å². The fourth-order valence-corrected chi connectivity index (χ4v) is 1.88. The first-order chi connectivity index (χ1) is 7.70. The average molecular weight is 212 g/mol. The minimum absolute atomic E-state index is 0.0455. The fraction of sp³-hybridized carbons (Fsp3) is 0.214. The summed E-state index contributed by atoms with van der Waals surface area (Å²) in [5.41, 5.74) is 10.5. The van der Waals surface area contributed by atoms with Gasteiger partial charge < -0.3 is 5.73 Å². The Hall–Kier alpha value is -1.67. The normalized spacial score (nSPS) is 12.4. The summed E-state index contributed by atoms with van der Waals surface area (Å²) in [6, 6.07) is 12.3. The number of aromatic nitrogens is 1. The Bertz CT molecular complexity index is 490. The van der Waals surface area contributed by atoms with Crippen molar-refractivity contribution >= 4 is 0 Å². The molecule has 2 rings (SSSR count). The van der Waals surface area contributed by atoms with Crippen LogP contribution in [0.5, 0.6) is 0 Å². The summed E-state index contributed by atoms with van der Waals surface area (Å²) in [4.78, 5) is 4.37. The summed E-state index contributed by atoms with van der Waals surface area (Å²) in [5, 5.41) is 0. The van der Waals surface area contributed by atoms with E-state index in [0.29, 0.717) is 0 Å². The van der Waals surface area contributed by atoms with E-state index in [1.54, 1.807) is 6.20 Å². The Balaban J connectivity index is 2.60. The van der Waals surface area contributed by atoms with Gasteiger partial charge in [-0.15, -0.1) is 0 Å². The molecule has 1 aromatic carbocycles. The summed E-state index contributed by atoms with van der Waals surface area (Å²) in [5.74, 6) is 0. The van der Waals surface area contributed by atoms with Gasteiger partial charge in [0.2, 0.25) is 0 Å². The lowest BCUT2D eigenvalue weighted by Gasteiger charge is -2.13. The zero-order valence-electron chi connectivity index (χ0n) is 9.64. The second-order valence-electron chi connectivity index (χ2n) is 4.04. The van der Waals surface area contributed by atoms with Gasteiger partial charge in [-0.3, -0.25) is 4.98 Å². The third-order valence-corrected chi connectivity index (χ3v) is 2.71. The van der Waals surface area contributed by atoms with Crippen molar-refractivity contribution in [2.75, 3.05) is 0 Å². The van der Waals surface area contributed by atoms with Gasteiger partial charge in [0.05, 0.1) is 5.69 Å². The van der Waals surface area contributed by atoms with E-state index in [1.807, 2.05) is 25.1 Å². The molecule has 0 aliphatic carbocycles. The minimum Gasteiger partial charge on any atom is -0.323 e. The predicted octanol–water partition coefficient (Wildman–Crippen LogP) is 3.08. The Morgan fingerprint density at radius 3 is 2.44 bits per heavy atom. The first kappa shape index (κ1) is 10.8. The second kappa shape index (κ2) is 4.45. The summed E-state index contributed by atoms with van der Waals surface area (Å²) >= 11 is 0. The van der Waals surface area contributed by atoms with Crippen molar-refractivity contribution in [3.63, 3.8) is 0 Å². The topological polar surface area (TPSA) is 38.9 Å². The van der Waals surface area contributed by atoms with E-state index in [4.69, 9.17) is 5.73 Å². The zero-order valence-corrected chi connectivity index (χ0v) is 9.64. The molecule has 0 aliphatic rings. The first-order valence-electron chi connectivity index (χ1n) is 5.46. The Kier molecular flexibility index (Phi) is 3.02. The summed E-state index contributed by atoms with van der Waals surface area (Å²) in [7, 11) is 0.